The Hall–Kier alpha value is -2.57. The number of aromatic nitrogens is 4. The van der Waals surface area contributed by atoms with Crippen LogP contribution in [-0.2, 0) is 16.0 Å². The summed E-state index contributed by atoms with van der Waals surface area (Å²) >= 11 is 6.22. The molecule has 1 aliphatic rings. The topological polar surface area (TPSA) is 69.9 Å². The predicted molar refractivity (Wildman–Crippen MR) is 104 cm³/mol. The maximum Gasteiger partial charge on any atom is 0.225 e. The summed E-state index contributed by atoms with van der Waals surface area (Å²) in [6.07, 6.45) is 6.30. The fourth-order valence-electron chi connectivity index (χ4n) is 3.35. The van der Waals surface area contributed by atoms with Gasteiger partial charge in [0.1, 0.15) is 0 Å². The largest absolute Gasteiger partial charge is 0.356 e. The van der Waals surface area contributed by atoms with Crippen molar-refractivity contribution in [2.24, 2.45) is 0 Å². The van der Waals surface area contributed by atoms with E-state index < -0.39 is 0 Å². The fraction of sp³-hybridized carbons (Fsp3) is 0.300. The number of nitrogens with zero attached hydrogens (tertiary/aromatic N) is 4. The molecule has 138 valence electrons. The van der Waals surface area contributed by atoms with Gasteiger partial charge in [0.15, 0.2) is 17.7 Å². The number of allylic oxidation sites excluding steroid dienone is 1. The molecule has 0 aliphatic carbocycles. The van der Waals surface area contributed by atoms with Crippen LogP contribution < -0.4 is 0 Å². The lowest BCUT2D eigenvalue weighted by atomic mass is 10.0. The summed E-state index contributed by atoms with van der Waals surface area (Å²) in [5.74, 6) is -0.0275. The lowest BCUT2D eigenvalue weighted by Crippen LogP contribution is -2.19. The lowest BCUT2D eigenvalue weighted by Gasteiger charge is -2.23. The van der Waals surface area contributed by atoms with Crippen LogP contribution in [0.25, 0.3) is 22.3 Å². The second-order valence-corrected chi connectivity index (χ2v) is 6.87. The average Bonchev–Trinajstić information content (AvgIpc) is 3.11. The minimum Gasteiger partial charge on any atom is -0.356 e. The maximum atomic E-state index is 11.7. The first-order valence-electron chi connectivity index (χ1n) is 8.92. The van der Waals surface area contributed by atoms with E-state index in [-0.39, 0.29) is 17.3 Å². The van der Waals surface area contributed by atoms with Crippen molar-refractivity contribution in [1.82, 2.24) is 19.7 Å². The number of hydrogen-bond donors (Lipinski definition) is 0. The van der Waals surface area contributed by atoms with Gasteiger partial charge in [0.25, 0.3) is 0 Å². The summed E-state index contributed by atoms with van der Waals surface area (Å²) in [5.41, 5.74) is 3.11. The number of carbonyl (C=O) groups excluding carboxylic acids is 1. The average molecular weight is 383 g/mol. The Bertz CT molecular complexity index is 1010. The van der Waals surface area contributed by atoms with Crippen molar-refractivity contribution in [1.29, 1.82) is 0 Å². The van der Waals surface area contributed by atoms with Gasteiger partial charge in [0, 0.05) is 18.6 Å². The van der Waals surface area contributed by atoms with Gasteiger partial charge in [-0.2, -0.15) is 10.1 Å². The molecule has 0 radical (unpaired) electrons. The molecule has 1 aliphatic heterocycles. The quantitative estimate of drug-likeness (QED) is 0.490. The standard InChI is InChI=1S/C20H19ClN4O2/c1-2-15(26)11-13-6-5-7-14(10-13)18-16-12-22-25(17-8-3-4-9-27-17)19(16)24-20(21)23-18/h2,5-7,10,12,17H,1,3-4,8-9,11H2. The summed E-state index contributed by atoms with van der Waals surface area (Å²) in [7, 11) is 0. The molecule has 7 heteroatoms. The number of ketones is 1. The summed E-state index contributed by atoms with van der Waals surface area (Å²) in [4.78, 5) is 20.5. The molecular weight excluding hydrogens is 364 g/mol. The second kappa shape index (κ2) is 7.58. The molecule has 1 fully saturated rings. The summed E-state index contributed by atoms with van der Waals surface area (Å²) in [5, 5.41) is 5.45. The van der Waals surface area contributed by atoms with Crippen LogP contribution in [0.3, 0.4) is 0 Å². The van der Waals surface area contributed by atoms with Crippen LogP contribution in [0.4, 0.5) is 0 Å². The van der Waals surface area contributed by atoms with Crippen molar-refractivity contribution < 1.29 is 9.53 Å². The highest BCUT2D eigenvalue weighted by atomic mass is 35.5. The van der Waals surface area contributed by atoms with Crippen LogP contribution in [0.5, 0.6) is 0 Å². The SMILES string of the molecule is C=CC(=O)Cc1cccc(-c2nc(Cl)nc3c2cnn3C2CCCCO2)c1. The summed E-state index contributed by atoms with van der Waals surface area (Å²) in [6.45, 7) is 4.25. The lowest BCUT2D eigenvalue weighted by molar-refractivity contribution is -0.114. The van der Waals surface area contributed by atoms with Crippen molar-refractivity contribution in [3.63, 3.8) is 0 Å². The molecule has 27 heavy (non-hydrogen) atoms. The number of halogens is 1. The van der Waals surface area contributed by atoms with Crippen LogP contribution in [0.2, 0.25) is 5.28 Å². The van der Waals surface area contributed by atoms with Gasteiger partial charge in [-0.1, -0.05) is 24.8 Å². The third-order valence-electron chi connectivity index (χ3n) is 4.66. The fourth-order valence-corrected chi connectivity index (χ4v) is 3.51. The summed E-state index contributed by atoms with van der Waals surface area (Å²) in [6, 6.07) is 7.68. The van der Waals surface area contributed by atoms with E-state index in [1.165, 1.54) is 6.08 Å². The normalized spacial score (nSPS) is 17.1. The van der Waals surface area contributed by atoms with Gasteiger partial charge < -0.3 is 4.74 Å². The molecular formula is C20H19ClN4O2. The molecule has 1 unspecified atom stereocenters. The van der Waals surface area contributed by atoms with Crippen LogP contribution in [0.1, 0.15) is 31.1 Å². The molecule has 0 N–H and O–H groups in total. The number of fused-ring (bicyclic) bond motifs is 1. The molecule has 0 amide bonds. The van der Waals surface area contributed by atoms with E-state index in [0.29, 0.717) is 17.8 Å². The zero-order chi connectivity index (χ0) is 18.8. The Morgan fingerprint density at radius 1 is 1.37 bits per heavy atom. The highest BCUT2D eigenvalue weighted by Gasteiger charge is 2.22. The molecule has 0 saturated carbocycles. The summed E-state index contributed by atoms with van der Waals surface area (Å²) < 4.78 is 7.63. The Kier molecular flexibility index (Phi) is 5.01. The second-order valence-electron chi connectivity index (χ2n) is 6.54. The first kappa shape index (κ1) is 17.8. The smallest absolute Gasteiger partial charge is 0.225 e. The third kappa shape index (κ3) is 3.63. The van der Waals surface area contributed by atoms with Crippen molar-refractivity contribution in [3.05, 3.63) is 54.0 Å². The van der Waals surface area contributed by atoms with Gasteiger partial charge >= 0.3 is 0 Å². The zero-order valence-corrected chi connectivity index (χ0v) is 15.5. The molecule has 1 saturated heterocycles. The molecule has 0 bridgehead atoms. The van der Waals surface area contributed by atoms with Gasteiger partial charge in [-0.3, -0.25) is 4.79 Å². The first-order valence-corrected chi connectivity index (χ1v) is 9.30. The predicted octanol–water partition coefficient (Wildman–Crippen LogP) is 4.14. The zero-order valence-electron chi connectivity index (χ0n) is 14.8. The first-order chi connectivity index (χ1) is 13.2. The van der Waals surface area contributed by atoms with E-state index in [1.807, 2.05) is 24.3 Å². The number of hydrogen-bond acceptors (Lipinski definition) is 5. The van der Waals surface area contributed by atoms with Crippen molar-refractivity contribution in [3.8, 4) is 11.3 Å². The highest BCUT2D eigenvalue weighted by Crippen LogP contribution is 2.31. The minimum atomic E-state index is -0.133. The van der Waals surface area contributed by atoms with E-state index in [1.54, 1.807) is 10.9 Å². The molecule has 6 nitrogen and oxygen atoms in total. The molecule has 1 aromatic carbocycles. The van der Waals surface area contributed by atoms with Gasteiger partial charge in [-0.05, 0) is 48.6 Å². The monoisotopic (exact) mass is 382 g/mol. The van der Waals surface area contributed by atoms with Crippen molar-refractivity contribution in [2.75, 3.05) is 6.61 Å². The Labute approximate surface area is 161 Å². The van der Waals surface area contributed by atoms with E-state index in [0.717, 1.165) is 42.4 Å². The number of benzene rings is 1. The van der Waals surface area contributed by atoms with Crippen molar-refractivity contribution >= 4 is 28.4 Å². The Balaban J connectivity index is 1.78. The Morgan fingerprint density at radius 3 is 3.04 bits per heavy atom. The van der Waals surface area contributed by atoms with Gasteiger partial charge in [0.2, 0.25) is 5.28 Å². The number of carbonyl (C=O) groups is 1. The minimum absolute atomic E-state index is 0.0275. The maximum absolute atomic E-state index is 11.7. The number of ether oxygens (including phenoxy) is 1. The van der Waals surface area contributed by atoms with Crippen LogP contribution in [-0.4, -0.2) is 32.1 Å². The molecule has 1 atom stereocenters. The number of rotatable bonds is 5. The highest BCUT2D eigenvalue weighted by molar-refractivity contribution is 6.28. The molecule has 3 aromatic rings. The van der Waals surface area contributed by atoms with E-state index in [9.17, 15) is 4.79 Å². The molecule has 3 heterocycles. The molecule has 2 aromatic heterocycles. The van der Waals surface area contributed by atoms with Crippen molar-refractivity contribution in [2.45, 2.75) is 31.9 Å². The van der Waals surface area contributed by atoms with E-state index >= 15 is 0 Å². The van der Waals surface area contributed by atoms with Gasteiger partial charge in [-0.15, -0.1) is 0 Å². The van der Waals surface area contributed by atoms with Gasteiger partial charge in [-0.25, -0.2) is 9.67 Å². The van der Waals surface area contributed by atoms with E-state index in [2.05, 4.69) is 21.6 Å². The van der Waals surface area contributed by atoms with Crippen LogP contribution in [0.15, 0.2) is 43.1 Å². The van der Waals surface area contributed by atoms with Crippen LogP contribution >= 0.6 is 11.6 Å². The molecule has 0 spiro atoms. The molecule has 4 rings (SSSR count). The Morgan fingerprint density at radius 2 is 2.26 bits per heavy atom. The van der Waals surface area contributed by atoms with Crippen LogP contribution in [0, 0.1) is 0 Å². The van der Waals surface area contributed by atoms with Gasteiger partial charge in [0.05, 0.1) is 17.3 Å². The van der Waals surface area contributed by atoms with E-state index in [4.69, 9.17) is 16.3 Å². The third-order valence-corrected chi connectivity index (χ3v) is 4.83.